The van der Waals surface area contributed by atoms with E-state index in [2.05, 4.69) is 4.98 Å². The van der Waals surface area contributed by atoms with Crippen molar-refractivity contribution in [2.24, 2.45) is 0 Å². The van der Waals surface area contributed by atoms with E-state index in [9.17, 15) is 19.1 Å². The van der Waals surface area contributed by atoms with Gasteiger partial charge in [0.25, 0.3) is 5.78 Å². The second-order valence-electron chi connectivity index (χ2n) is 6.04. The number of nitrogens with zero attached hydrogens (tertiary/aromatic N) is 2. The zero-order valence-corrected chi connectivity index (χ0v) is 15.7. The second kappa shape index (κ2) is 7.18. The van der Waals surface area contributed by atoms with Crippen molar-refractivity contribution < 1.29 is 19.1 Å². The van der Waals surface area contributed by atoms with Gasteiger partial charge in [-0.05, 0) is 42.0 Å². The summed E-state index contributed by atoms with van der Waals surface area (Å²) in [5.41, 5.74) is 0.731. The van der Waals surface area contributed by atoms with E-state index in [1.165, 1.54) is 46.7 Å². The Morgan fingerprint density at radius 3 is 2.39 bits per heavy atom. The molecule has 1 aliphatic heterocycles. The van der Waals surface area contributed by atoms with E-state index in [0.29, 0.717) is 21.3 Å². The highest BCUT2D eigenvalue weighted by Crippen LogP contribution is 2.42. The number of anilines is 1. The normalized spacial score (nSPS) is 18.6. The average Bonchev–Trinajstić information content (AvgIpc) is 3.30. The van der Waals surface area contributed by atoms with Gasteiger partial charge in [-0.1, -0.05) is 23.7 Å². The Kier molecular flexibility index (Phi) is 4.70. The van der Waals surface area contributed by atoms with Crippen molar-refractivity contribution in [3.8, 4) is 0 Å². The molecule has 1 aliphatic rings. The number of rotatable bonds is 3. The SMILES string of the molecule is O=C1C(=O)N(c2nccs2)[C@H](c2ccc(F)cc2)/C1=C(\O)c1ccc(Cl)cc1. The number of carbonyl (C=O) groups is 2. The summed E-state index contributed by atoms with van der Waals surface area (Å²) in [5, 5.41) is 13.3. The number of benzene rings is 2. The molecule has 0 saturated carbocycles. The van der Waals surface area contributed by atoms with Gasteiger partial charge < -0.3 is 5.11 Å². The first-order valence-electron chi connectivity index (χ1n) is 8.19. The number of aliphatic hydroxyl groups is 1. The molecule has 140 valence electrons. The average molecular weight is 415 g/mol. The molecule has 0 spiro atoms. The fourth-order valence-corrected chi connectivity index (χ4v) is 3.88. The van der Waals surface area contributed by atoms with Gasteiger partial charge in [0.2, 0.25) is 0 Å². The van der Waals surface area contributed by atoms with Gasteiger partial charge >= 0.3 is 5.91 Å². The summed E-state index contributed by atoms with van der Waals surface area (Å²) in [7, 11) is 0. The Morgan fingerprint density at radius 2 is 1.79 bits per heavy atom. The topological polar surface area (TPSA) is 70.5 Å². The third kappa shape index (κ3) is 3.08. The largest absolute Gasteiger partial charge is 0.507 e. The minimum atomic E-state index is -0.928. The van der Waals surface area contributed by atoms with Crippen LogP contribution >= 0.6 is 22.9 Å². The van der Waals surface area contributed by atoms with Gasteiger partial charge in [0, 0.05) is 22.2 Å². The molecule has 0 radical (unpaired) electrons. The molecule has 5 nitrogen and oxygen atoms in total. The van der Waals surface area contributed by atoms with E-state index in [1.807, 2.05) is 0 Å². The zero-order valence-electron chi connectivity index (χ0n) is 14.2. The van der Waals surface area contributed by atoms with Crippen molar-refractivity contribution in [3.63, 3.8) is 0 Å². The fraction of sp³-hybridized carbons (Fsp3) is 0.0500. The highest BCUT2D eigenvalue weighted by Gasteiger charge is 2.47. The van der Waals surface area contributed by atoms with Crippen molar-refractivity contribution >= 4 is 45.5 Å². The molecule has 8 heteroatoms. The number of halogens is 2. The van der Waals surface area contributed by atoms with Gasteiger partial charge in [-0.15, -0.1) is 11.3 Å². The van der Waals surface area contributed by atoms with Crippen LogP contribution in [-0.4, -0.2) is 21.8 Å². The van der Waals surface area contributed by atoms with Gasteiger partial charge in [0.1, 0.15) is 11.6 Å². The van der Waals surface area contributed by atoms with Crippen molar-refractivity contribution in [1.29, 1.82) is 0 Å². The Bertz CT molecular complexity index is 1080. The van der Waals surface area contributed by atoms with E-state index in [4.69, 9.17) is 11.6 Å². The van der Waals surface area contributed by atoms with Crippen molar-refractivity contribution in [1.82, 2.24) is 4.98 Å². The summed E-state index contributed by atoms with van der Waals surface area (Å²) < 4.78 is 13.4. The van der Waals surface area contributed by atoms with Crippen LogP contribution in [0.15, 0.2) is 65.7 Å². The van der Waals surface area contributed by atoms with E-state index in [1.54, 1.807) is 29.6 Å². The van der Waals surface area contributed by atoms with Crippen LogP contribution in [0.4, 0.5) is 9.52 Å². The third-order valence-electron chi connectivity index (χ3n) is 4.37. The predicted octanol–water partition coefficient (Wildman–Crippen LogP) is 4.56. The van der Waals surface area contributed by atoms with E-state index < -0.39 is 23.5 Å². The molecular weight excluding hydrogens is 403 g/mol. The lowest BCUT2D eigenvalue weighted by Crippen LogP contribution is -2.29. The van der Waals surface area contributed by atoms with Crippen LogP contribution in [0, 0.1) is 5.82 Å². The third-order valence-corrected chi connectivity index (χ3v) is 5.40. The number of ketones is 1. The fourth-order valence-electron chi connectivity index (χ4n) is 3.09. The first-order valence-corrected chi connectivity index (χ1v) is 9.45. The summed E-state index contributed by atoms with van der Waals surface area (Å²) in [6.45, 7) is 0. The number of Topliss-reactive ketones (excluding diaryl/α,β-unsaturated/α-hetero) is 1. The van der Waals surface area contributed by atoms with Crippen LogP contribution in [0.2, 0.25) is 5.02 Å². The van der Waals surface area contributed by atoms with E-state index in [0.717, 1.165) is 0 Å². The molecule has 0 bridgehead atoms. The molecule has 1 amide bonds. The van der Waals surface area contributed by atoms with Crippen LogP contribution in [-0.2, 0) is 9.59 Å². The molecule has 0 aliphatic carbocycles. The highest BCUT2D eigenvalue weighted by atomic mass is 35.5. The van der Waals surface area contributed by atoms with Gasteiger partial charge in [-0.2, -0.15) is 0 Å². The van der Waals surface area contributed by atoms with Crippen LogP contribution in [0.1, 0.15) is 17.2 Å². The number of carbonyl (C=O) groups excluding carboxylic acids is 2. The monoisotopic (exact) mass is 414 g/mol. The number of hydrogen-bond donors (Lipinski definition) is 1. The zero-order chi connectivity index (χ0) is 19.8. The van der Waals surface area contributed by atoms with Crippen LogP contribution in [0.5, 0.6) is 0 Å². The molecule has 1 saturated heterocycles. The molecule has 1 aromatic heterocycles. The molecule has 4 rings (SSSR count). The Labute approximate surface area is 168 Å². The number of amides is 1. The summed E-state index contributed by atoms with van der Waals surface area (Å²) in [6, 6.07) is 10.7. The molecule has 0 unspecified atom stereocenters. The van der Waals surface area contributed by atoms with Gasteiger partial charge in [-0.25, -0.2) is 9.37 Å². The van der Waals surface area contributed by atoms with Gasteiger partial charge in [0.15, 0.2) is 5.13 Å². The minimum absolute atomic E-state index is 0.0888. The molecule has 28 heavy (non-hydrogen) atoms. The number of aromatic nitrogens is 1. The maximum absolute atomic E-state index is 13.4. The van der Waals surface area contributed by atoms with E-state index in [-0.39, 0.29) is 11.3 Å². The van der Waals surface area contributed by atoms with Crippen LogP contribution in [0.3, 0.4) is 0 Å². The summed E-state index contributed by atoms with van der Waals surface area (Å²) in [4.78, 5) is 30.9. The van der Waals surface area contributed by atoms with Crippen molar-refractivity contribution in [2.75, 3.05) is 4.90 Å². The molecule has 2 heterocycles. The van der Waals surface area contributed by atoms with Crippen molar-refractivity contribution in [2.45, 2.75) is 6.04 Å². The number of thiazole rings is 1. The number of hydrogen-bond acceptors (Lipinski definition) is 5. The van der Waals surface area contributed by atoms with Crippen LogP contribution in [0.25, 0.3) is 5.76 Å². The molecular formula is C20H12ClFN2O3S. The molecule has 2 aromatic carbocycles. The summed E-state index contributed by atoms with van der Waals surface area (Å²) >= 11 is 7.07. The first kappa shape index (κ1) is 18.3. The number of aliphatic hydroxyl groups excluding tert-OH is 1. The minimum Gasteiger partial charge on any atom is -0.507 e. The highest BCUT2D eigenvalue weighted by molar-refractivity contribution is 7.14. The quantitative estimate of drug-likeness (QED) is 0.387. The lowest BCUT2D eigenvalue weighted by atomic mass is 9.95. The van der Waals surface area contributed by atoms with Gasteiger partial charge in [0.05, 0.1) is 11.6 Å². The summed E-state index contributed by atoms with van der Waals surface area (Å²) in [6.07, 6.45) is 1.51. The molecule has 1 atom stereocenters. The standard InChI is InChI=1S/C20H12ClFN2O3S/c21-13-5-1-12(2-6-13)17(25)15-16(11-3-7-14(22)8-4-11)24(19(27)18(15)26)20-23-9-10-28-20/h1-10,16,25H/b17-15+/t16-/m1/s1. The Morgan fingerprint density at radius 1 is 1.11 bits per heavy atom. The Balaban J connectivity index is 1.93. The second-order valence-corrected chi connectivity index (χ2v) is 7.35. The first-order chi connectivity index (χ1) is 13.5. The smallest absolute Gasteiger partial charge is 0.301 e. The van der Waals surface area contributed by atoms with Crippen molar-refractivity contribution in [3.05, 3.63) is 87.6 Å². The summed E-state index contributed by atoms with van der Waals surface area (Å²) in [5.74, 6) is -2.42. The predicted molar refractivity (Wildman–Crippen MR) is 105 cm³/mol. The van der Waals surface area contributed by atoms with E-state index >= 15 is 0 Å². The molecule has 3 aromatic rings. The van der Waals surface area contributed by atoms with Gasteiger partial charge in [-0.3, -0.25) is 14.5 Å². The lowest BCUT2D eigenvalue weighted by molar-refractivity contribution is -0.132. The lowest BCUT2D eigenvalue weighted by Gasteiger charge is -2.22. The molecule has 1 fully saturated rings. The van der Waals surface area contributed by atoms with Crippen LogP contribution < -0.4 is 4.90 Å². The molecule has 1 N–H and O–H groups in total. The maximum atomic E-state index is 13.4. The Hall–Kier alpha value is -3.03. The maximum Gasteiger partial charge on any atom is 0.301 e.